The zero-order chi connectivity index (χ0) is 13.8. The van der Waals surface area contributed by atoms with Crippen molar-refractivity contribution in [1.82, 2.24) is 15.1 Å². The Morgan fingerprint density at radius 2 is 1.74 bits per heavy atom. The molecule has 0 saturated carbocycles. The van der Waals surface area contributed by atoms with Gasteiger partial charge in [-0.1, -0.05) is 13.8 Å². The van der Waals surface area contributed by atoms with Crippen molar-refractivity contribution in [2.75, 3.05) is 26.2 Å². The first-order valence-corrected chi connectivity index (χ1v) is 7.39. The van der Waals surface area contributed by atoms with Gasteiger partial charge < -0.3 is 15.1 Å². The Morgan fingerprint density at radius 3 is 2.21 bits per heavy atom. The summed E-state index contributed by atoms with van der Waals surface area (Å²) >= 11 is 0. The molecule has 3 amide bonds. The zero-order valence-electron chi connectivity index (χ0n) is 12.0. The average Bonchev–Trinajstić information content (AvgIpc) is 2.26. The Bertz CT molecular complexity index is 332. The van der Waals surface area contributed by atoms with Crippen molar-refractivity contribution in [3.05, 3.63) is 0 Å². The maximum absolute atomic E-state index is 11.9. The number of carbonyl (C=O) groups is 2. The summed E-state index contributed by atoms with van der Waals surface area (Å²) in [6.45, 7) is 7.46. The van der Waals surface area contributed by atoms with Gasteiger partial charge in [0.25, 0.3) is 0 Å². The topological polar surface area (TPSA) is 52.7 Å². The fourth-order valence-electron chi connectivity index (χ4n) is 2.54. The second kappa shape index (κ2) is 6.26. The number of piperidine rings is 1. The standard InChI is InChI=1S/C14H25N3O2/c1-11(2)10-13(18)16-8-4-12(5-9-16)15-14(19)17-6-3-7-17/h11-12H,3-10H2,1-2H3,(H,15,19). The maximum Gasteiger partial charge on any atom is 0.317 e. The summed E-state index contributed by atoms with van der Waals surface area (Å²) in [6.07, 6.45) is 3.51. The van der Waals surface area contributed by atoms with Crippen LogP contribution in [0, 0.1) is 5.92 Å². The van der Waals surface area contributed by atoms with Crippen LogP contribution in [0.25, 0.3) is 0 Å². The van der Waals surface area contributed by atoms with Gasteiger partial charge in [0.2, 0.25) is 5.91 Å². The third kappa shape index (κ3) is 3.85. The van der Waals surface area contributed by atoms with E-state index in [9.17, 15) is 9.59 Å². The van der Waals surface area contributed by atoms with E-state index in [2.05, 4.69) is 19.2 Å². The van der Waals surface area contributed by atoms with Crippen molar-refractivity contribution < 1.29 is 9.59 Å². The van der Waals surface area contributed by atoms with E-state index in [-0.39, 0.29) is 18.0 Å². The highest BCUT2D eigenvalue weighted by atomic mass is 16.2. The Kier molecular flexibility index (Phi) is 4.66. The Labute approximate surface area is 115 Å². The highest BCUT2D eigenvalue weighted by molar-refractivity contribution is 5.77. The van der Waals surface area contributed by atoms with Crippen molar-refractivity contribution in [3.63, 3.8) is 0 Å². The van der Waals surface area contributed by atoms with Gasteiger partial charge in [-0.25, -0.2) is 4.79 Å². The van der Waals surface area contributed by atoms with Crippen molar-refractivity contribution in [3.8, 4) is 0 Å². The number of nitrogens with zero attached hydrogens (tertiary/aromatic N) is 2. The molecule has 0 aromatic carbocycles. The number of amides is 3. The Hall–Kier alpha value is -1.26. The van der Waals surface area contributed by atoms with E-state index < -0.39 is 0 Å². The maximum atomic E-state index is 11.9. The zero-order valence-corrected chi connectivity index (χ0v) is 12.0. The van der Waals surface area contributed by atoms with E-state index in [1.165, 1.54) is 0 Å². The minimum absolute atomic E-state index is 0.0678. The smallest absolute Gasteiger partial charge is 0.317 e. The molecule has 1 N–H and O–H groups in total. The van der Waals surface area contributed by atoms with Gasteiger partial charge >= 0.3 is 6.03 Å². The summed E-state index contributed by atoms with van der Waals surface area (Å²) in [5.74, 6) is 0.666. The molecule has 2 saturated heterocycles. The summed E-state index contributed by atoms with van der Waals surface area (Å²) in [5.41, 5.74) is 0. The van der Waals surface area contributed by atoms with E-state index >= 15 is 0 Å². The van der Waals surface area contributed by atoms with Crippen LogP contribution in [0.3, 0.4) is 0 Å². The van der Waals surface area contributed by atoms with Gasteiger partial charge in [0, 0.05) is 38.6 Å². The molecule has 0 radical (unpaired) electrons. The highest BCUT2D eigenvalue weighted by Crippen LogP contribution is 2.14. The van der Waals surface area contributed by atoms with Gasteiger partial charge in [-0.3, -0.25) is 4.79 Å². The molecule has 0 spiro atoms. The monoisotopic (exact) mass is 267 g/mol. The fraction of sp³-hybridized carbons (Fsp3) is 0.857. The van der Waals surface area contributed by atoms with E-state index in [1.807, 2.05) is 9.80 Å². The third-order valence-corrected chi connectivity index (χ3v) is 3.90. The second-order valence-electron chi connectivity index (χ2n) is 6.04. The lowest BCUT2D eigenvalue weighted by atomic mass is 10.0. The van der Waals surface area contributed by atoms with Gasteiger partial charge in [0.05, 0.1) is 0 Å². The Balaban J connectivity index is 1.69. The van der Waals surface area contributed by atoms with Gasteiger partial charge in [-0.05, 0) is 25.2 Å². The second-order valence-corrected chi connectivity index (χ2v) is 6.04. The molecule has 19 heavy (non-hydrogen) atoms. The first-order valence-electron chi connectivity index (χ1n) is 7.39. The van der Waals surface area contributed by atoms with Crippen LogP contribution in [0.1, 0.15) is 39.5 Å². The molecule has 2 heterocycles. The predicted octanol–water partition coefficient (Wildman–Crippen LogP) is 1.44. The number of hydrogen-bond donors (Lipinski definition) is 1. The molecule has 0 atom stereocenters. The van der Waals surface area contributed by atoms with E-state index in [4.69, 9.17) is 0 Å². The third-order valence-electron chi connectivity index (χ3n) is 3.90. The van der Waals surface area contributed by atoms with Gasteiger partial charge in [-0.2, -0.15) is 0 Å². The molecule has 2 aliphatic rings. The lowest BCUT2D eigenvalue weighted by Gasteiger charge is -2.36. The Morgan fingerprint density at radius 1 is 1.11 bits per heavy atom. The first-order chi connectivity index (χ1) is 9.06. The van der Waals surface area contributed by atoms with E-state index in [0.717, 1.165) is 45.4 Å². The van der Waals surface area contributed by atoms with Gasteiger partial charge in [0.15, 0.2) is 0 Å². The van der Waals surface area contributed by atoms with Crippen LogP contribution in [-0.4, -0.2) is 54.0 Å². The van der Waals surface area contributed by atoms with Crippen LogP contribution in [-0.2, 0) is 4.79 Å². The molecule has 2 rings (SSSR count). The van der Waals surface area contributed by atoms with Crippen molar-refractivity contribution >= 4 is 11.9 Å². The number of urea groups is 1. The molecule has 0 unspecified atom stereocenters. The fourth-order valence-corrected chi connectivity index (χ4v) is 2.54. The van der Waals surface area contributed by atoms with Crippen molar-refractivity contribution in [2.24, 2.45) is 5.92 Å². The lowest BCUT2D eigenvalue weighted by Crippen LogP contribution is -2.53. The number of rotatable bonds is 3. The summed E-state index contributed by atoms with van der Waals surface area (Å²) in [6, 6.07) is 0.300. The van der Waals surface area contributed by atoms with Crippen LogP contribution < -0.4 is 5.32 Å². The molecule has 0 aromatic heterocycles. The number of carbonyl (C=O) groups excluding carboxylic acids is 2. The molecule has 108 valence electrons. The van der Waals surface area contributed by atoms with E-state index in [0.29, 0.717) is 12.3 Å². The molecular formula is C14H25N3O2. The van der Waals surface area contributed by atoms with Crippen molar-refractivity contribution in [1.29, 1.82) is 0 Å². The molecule has 0 bridgehead atoms. The first kappa shape index (κ1) is 14.2. The summed E-state index contributed by atoms with van der Waals surface area (Å²) in [5, 5.41) is 3.07. The molecule has 2 aliphatic heterocycles. The van der Waals surface area contributed by atoms with Crippen molar-refractivity contribution in [2.45, 2.75) is 45.6 Å². The average molecular weight is 267 g/mol. The molecule has 5 nitrogen and oxygen atoms in total. The molecule has 5 heteroatoms. The minimum Gasteiger partial charge on any atom is -0.343 e. The van der Waals surface area contributed by atoms with Crippen LogP contribution in [0.15, 0.2) is 0 Å². The SMILES string of the molecule is CC(C)CC(=O)N1CCC(NC(=O)N2CCC2)CC1. The predicted molar refractivity (Wildman–Crippen MR) is 73.8 cm³/mol. The van der Waals surface area contributed by atoms with Crippen LogP contribution >= 0.6 is 0 Å². The molecule has 0 aliphatic carbocycles. The number of nitrogens with one attached hydrogen (secondary N) is 1. The largest absolute Gasteiger partial charge is 0.343 e. The van der Waals surface area contributed by atoms with E-state index in [1.54, 1.807) is 0 Å². The van der Waals surface area contributed by atoms with Crippen LogP contribution in [0.4, 0.5) is 4.79 Å². The molecular weight excluding hydrogens is 242 g/mol. The summed E-state index contributed by atoms with van der Waals surface area (Å²) < 4.78 is 0. The molecule has 2 fully saturated rings. The number of likely N-dealkylation sites (tertiary alicyclic amines) is 2. The molecule has 0 aromatic rings. The van der Waals surface area contributed by atoms with Gasteiger partial charge in [-0.15, -0.1) is 0 Å². The van der Waals surface area contributed by atoms with Crippen LogP contribution in [0.2, 0.25) is 0 Å². The summed E-state index contributed by atoms with van der Waals surface area (Å²) in [7, 11) is 0. The minimum atomic E-state index is 0.0678. The summed E-state index contributed by atoms with van der Waals surface area (Å²) in [4.78, 5) is 27.5. The van der Waals surface area contributed by atoms with Gasteiger partial charge in [0.1, 0.15) is 0 Å². The highest BCUT2D eigenvalue weighted by Gasteiger charge is 2.27. The lowest BCUT2D eigenvalue weighted by molar-refractivity contribution is -0.133. The quantitative estimate of drug-likeness (QED) is 0.841. The normalized spacial score (nSPS) is 20.4. The number of hydrogen-bond acceptors (Lipinski definition) is 2. The van der Waals surface area contributed by atoms with Crippen LogP contribution in [0.5, 0.6) is 0 Å².